The molecule has 0 radical (unpaired) electrons. The second-order valence-electron chi connectivity index (χ2n) is 5.42. The van der Waals surface area contributed by atoms with E-state index >= 15 is 0 Å². The number of nitrogens with zero attached hydrogens (tertiary/aromatic N) is 1. The number of piperidine rings is 2. The molecule has 19 heavy (non-hydrogen) atoms. The number of likely N-dealkylation sites (tertiary alicyclic amines) is 1. The summed E-state index contributed by atoms with van der Waals surface area (Å²) in [5.41, 5.74) is 0. The lowest BCUT2D eigenvalue weighted by molar-refractivity contribution is -0.138. The monoisotopic (exact) mass is 289 g/mol. The van der Waals surface area contributed by atoms with E-state index in [0.717, 1.165) is 38.9 Å². The van der Waals surface area contributed by atoms with E-state index < -0.39 is 0 Å². The standard InChI is InChI=1S/C13H23N3O2.ClH/c1-10-5-6-14-8-11(10)15-12(17)9-16-7-3-2-4-13(16)18;/h10-11,14H,2-9H2,1H3,(H,15,17);1H. The van der Waals surface area contributed by atoms with Gasteiger partial charge < -0.3 is 15.5 Å². The molecule has 0 spiro atoms. The molecule has 2 N–H and O–H groups in total. The Bertz CT molecular complexity index is 325. The fourth-order valence-corrected chi connectivity index (χ4v) is 2.64. The van der Waals surface area contributed by atoms with E-state index in [-0.39, 0.29) is 36.8 Å². The van der Waals surface area contributed by atoms with Gasteiger partial charge in [-0.3, -0.25) is 9.59 Å². The maximum atomic E-state index is 11.9. The van der Waals surface area contributed by atoms with Crippen LogP contribution in [0.2, 0.25) is 0 Å². The Labute approximate surface area is 120 Å². The molecule has 110 valence electrons. The molecule has 2 fully saturated rings. The number of nitrogens with one attached hydrogen (secondary N) is 2. The Morgan fingerprint density at radius 1 is 1.47 bits per heavy atom. The van der Waals surface area contributed by atoms with E-state index in [4.69, 9.17) is 0 Å². The third-order valence-corrected chi connectivity index (χ3v) is 3.93. The largest absolute Gasteiger partial charge is 0.350 e. The van der Waals surface area contributed by atoms with E-state index in [0.29, 0.717) is 12.3 Å². The van der Waals surface area contributed by atoms with Crippen LogP contribution in [-0.4, -0.2) is 48.9 Å². The Kier molecular flexibility index (Phi) is 6.58. The molecule has 2 unspecified atom stereocenters. The second kappa shape index (κ2) is 7.70. The van der Waals surface area contributed by atoms with Crippen LogP contribution in [0.3, 0.4) is 0 Å². The van der Waals surface area contributed by atoms with Crippen LogP contribution in [0, 0.1) is 5.92 Å². The number of carbonyl (C=O) groups is 2. The van der Waals surface area contributed by atoms with E-state index in [1.807, 2.05) is 0 Å². The Balaban J connectivity index is 0.00000180. The molecule has 2 atom stereocenters. The first-order valence-electron chi connectivity index (χ1n) is 6.94. The highest BCUT2D eigenvalue weighted by Crippen LogP contribution is 2.12. The highest BCUT2D eigenvalue weighted by molar-refractivity contribution is 5.85. The first kappa shape index (κ1) is 16.2. The minimum atomic E-state index is -0.0224. The predicted molar refractivity (Wildman–Crippen MR) is 76.3 cm³/mol. The van der Waals surface area contributed by atoms with Crippen molar-refractivity contribution >= 4 is 24.2 Å². The van der Waals surface area contributed by atoms with Crippen molar-refractivity contribution in [2.24, 2.45) is 5.92 Å². The lowest BCUT2D eigenvalue weighted by atomic mass is 9.95. The van der Waals surface area contributed by atoms with Crippen molar-refractivity contribution in [1.29, 1.82) is 0 Å². The van der Waals surface area contributed by atoms with Crippen LogP contribution in [0.1, 0.15) is 32.6 Å². The summed E-state index contributed by atoms with van der Waals surface area (Å²) in [7, 11) is 0. The fraction of sp³-hybridized carbons (Fsp3) is 0.846. The van der Waals surface area contributed by atoms with Gasteiger partial charge in [0.05, 0.1) is 6.54 Å². The highest BCUT2D eigenvalue weighted by atomic mass is 35.5. The molecular formula is C13H24ClN3O2. The zero-order valence-electron chi connectivity index (χ0n) is 11.5. The maximum Gasteiger partial charge on any atom is 0.239 e. The quantitative estimate of drug-likeness (QED) is 0.797. The zero-order valence-corrected chi connectivity index (χ0v) is 12.3. The topological polar surface area (TPSA) is 61.4 Å². The highest BCUT2D eigenvalue weighted by Gasteiger charge is 2.25. The van der Waals surface area contributed by atoms with Crippen molar-refractivity contribution in [3.63, 3.8) is 0 Å². The minimum Gasteiger partial charge on any atom is -0.350 e. The summed E-state index contributed by atoms with van der Waals surface area (Å²) in [6, 6.07) is 0.200. The number of amides is 2. The fourth-order valence-electron chi connectivity index (χ4n) is 2.64. The van der Waals surface area contributed by atoms with Gasteiger partial charge in [0.15, 0.2) is 0 Å². The molecule has 5 nitrogen and oxygen atoms in total. The van der Waals surface area contributed by atoms with Crippen LogP contribution in [-0.2, 0) is 9.59 Å². The second-order valence-corrected chi connectivity index (χ2v) is 5.42. The van der Waals surface area contributed by atoms with Gasteiger partial charge in [-0.1, -0.05) is 6.92 Å². The van der Waals surface area contributed by atoms with Gasteiger partial charge in [-0.2, -0.15) is 0 Å². The van der Waals surface area contributed by atoms with Gasteiger partial charge in [-0.05, 0) is 31.7 Å². The summed E-state index contributed by atoms with van der Waals surface area (Å²) >= 11 is 0. The van der Waals surface area contributed by atoms with Crippen LogP contribution in [0.15, 0.2) is 0 Å². The van der Waals surface area contributed by atoms with Crippen molar-refractivity contribution in [2.75, 3.05) is 26.2 Å². The van der Waals surface area contributed by atoms with Gasteiger partial charge in [0.25, 0.3) is 0 Å². The molecule has 6 heteroatoms. The van der Waals surface area contributed by atoms with Crippen molar-refractivity contribution in [2.45, 2.75) is 38.6 Å². The van der Waals surface area contributed by atoms with Crippen LogP contribution >= 0.6 is 12.4 Å². The molecule has 2 heterocycles. The first-order chi connectivity index (χ1) is 8.66. The Morgan fingerprint density at radius 3 is 2.95 bits per heavy atom. The molecule has 0 aromatic carbocycles. The summed E-state index contributed by atoms with van der Waals surface area (Å²) < 4.78 is 0. The van der Waals surface area contributed by atoms with Crippen LogP contribution in [0.25, 0.3) is 0 Å². The molecule has 0 aliphatic carbocycles. The molecule has 0 aromatic rings. The summed E-state index contributed by atoms with van der Waals surface area (Å²) in [5.74, 6) is 0.601. The van der Waals surface area contributed by atoms with E-state index in [2.05, 4.69) is 17.6 Å². The predicted octanol–water partition coefficient (Wildman–Crippen LogP) is 0.535. The molecule has 2 rings (SSSR count). The normalized spacial score (nSPS) is 27.6. The number of rotatable bonds is 3. The SMILES string of the molecule is CC1CCNCC1NC(=O)CN1CCCCC1=O.Cl. The van der Waals surface area contributed by atoms with Gasteiger partial charge >= 0.3 is 0 Å². The molecule has 2 aliphatic rings. The number of halogens is 1. The zero-order chi connectivity index (χ0) is 13.0. The van der Waals surface area contributed by atoms with Crippen LogP contribution in [0.5, 0.6) is 0 Å². The summed E-state index contributed by atoms with van der Waals surface area (Å²) in [4.78, 5) is 25.2. The molecule has 0 aromatic heterocycles. The van der Waals surface area contributed by atoms with Gasteiger partial charge in [-0.25, -0.2) is 0 Å². The van der Waals surface area contributed by atoms with E-state index in [9.17, 15) is 9.59 Å². The lowest BCUT2D eigenvalue weighted by Crippen LogP contribution is -2.53. The van der Waals surface area contributed by atoms with Crippen molar-refractivity contribution in [3.8, 4) is 0 Å². The summed E-state index contributed by atoms with van der Waals surface area (Å²) in [5, 5.41) is 6.33. The van der Waals surface area contributed by atoms with E-state index in [1.54, 1.807) is 4.90 Å². The van der Waals surface area contributed by atoms with Gasteiger partial charge in [0.1, 0.15) is 0 Å². The summed E-state index contributed by atoms with van der Waals surface area (Å²) in [6.45, 7) is 4.98. The average Bonchev–Trinajstić information content (AvgIpc) is 2.35. The molecule has 2 aliphatic heterocycles. The molecule has 0 bridgehead atoms. The molecule has 2 amide bonds. The van der Waals surface area contributed by atoms with Gasteiger partial charge in [0, 0.05) is 25.6 Å². The third kappa shape index (κ3) is 4.66. The molecule has 2 saturated heterocycles. The minimum absolute atomic E-state index is 0. The average molecular weight is 290 g/mol. The lowest BCUT2D eigenvalue weighted by Gasteiger charge is -2.32. The third-order valence-electron chi connectivity index (χ3n) is 3.93. The molecular weight excluding hydrogens is 266 g/mol. The number of hydrogen-bond acceptors (Lipinski definition) is 3. The van der Waals surface area contributed by atoms with Gasteiger partial charge in [-0.15, -0.1) is 12.4 Å². The Morgan fingerprint density at radius 2 is 2.26 bits per heavy atom. The van der Waals surface area contributed by atoms with Crippen molar-refractivity contribution < 1.29 is 9.59 Å². The first-order valence-corrected chi connectivity index (χ1v) is 6.94. The number of carbonyl (C=O) groups excluding carboxylic acids is 2. The van der Waals surface area contributed by atoms with Crippen molar-refractivity contribution in [3.05, 3.63) is 0 Å². The van der Waals surface area contributed by atoms with Crippen LogP contribution < -0.4 is 10.6 Å². The van der Waals surface area contributed by atoms with Gasteiger partial charge in [0.2, 0.25) is 11.8 Å². The maximum absolute atomic E-state index is 11.9. The van der Waals surface area contributed by atoms with E-state index in [1.165, 1.54) is 0 Å². The smallest absolute Gasteiger partial charge is 0.239 e. The Hall–Kier alpha value is -0.810. The van der Waals surface area contributed by atoms with Crippen molar-refractivity contribution in [1.82, 2.24) is 15.5 Å². The summed E-state index contributed by atoms with van der Waals surface area (Å²) in [6.07, 6.45) is 3.66. The molecule has 0 saturated carbocycles. The number of hydrogen-bond donors (Lipinski definition) is 2. The van der Waals surface area contributed by atoms with Crippen LogP contribution in [0.4, 0.5) is 0 Å².